The van der Waals surface area contributed by atoms with Crippen molar-refractivity contribution in [2.45, 2.75) is 33.2 Å². The maximum Gasteiger partial charge on any atom is 0.201 e. The Labute approximate surface area is 162 Å². The highest BCUT2D eigenvalue weighted by atomic mass is 16.5. The van der Waals surface area contributed by atoms with E-state index in [1.165, 1.54) is 0 Å². The zero-order chi connectivity index (χ0) is 19.7. The quantitative estimate of drug-likeness (QED) is 0.819. The van der Waals surface area contributed by atoms with E-state index in [0.29, 0.717) is 25.1 Å². The van der Waals surface area contributed by atoms with Gasteiger partial charge in [-0.2, -0.15) is 0 Å². The van der Waals surface area contributed by atoms with Gasteiger partial charge in [-0.1, -0.05) is 19.9 Å². The highest BCUT2D eigenvalue weighted by Gasteiger charge is 2.29. The van der Waals surface area contributed by atoms with Gasteiger partial charge in [0.1, 0.15) is 12.4 Å². The van der Waals surface area contributed by atoms with Crippen LogP contribution in [0.25, 0.3) is 5.57 Å². The number of aliphatic hydroxyl groups excluding tert-OH is 1. The van der Waals surface area contributed by atoms with E-state index in [4.69, 9.17) is 4.74 Å². The number of ether oxygens (including phenoxy) is 1. The van der Waals surface area contributed by atoms with Crippen molar-refractivity contribution < 1.29 is 9.84 Å². The molecule has 0 unspecified atom stereocenters. The number of anilines is 1. The van der Waals surface area contributed by atoms with Crippen LogP contribution in [0.2, 0.25) is 0 Å². The molecular weight excluding hydrogens is 338 g/mol. The molecule has 1 aromatic rings. The fraction of sp³-hybridized carbons (Fsp3) is 0.500. The minimum absolute atomic E-state index is 0.248. The Morgan fingerprint density at radius 3 is 2.70 bits per heavy atom. The van der Waals surface area contributed by atoms with Crippen molar-refractivity contribution in [2.75, 3.05) is 39.2 Å². The number of rotatable bonds is 6. The maximum absolute atomic E-state index is 10.7. The summed E-state index contributed by atoms with van der Waals surface area (Å²) in [7, 11) is 6.08. The van der Waals surface area contributed by atoms with Crippen molar-refractivity contribution in [1.29, 1.82) is 0 Å². The first-order chi connectivity index (χ1) is 12.8. The van der Waals surface area contributed by atoms with Gasteiger partial charge < -0.3 is 19.6 Å². The summed E-state index contributed by atoms with van der Waals surface area (Å²) in [6, 6.07) is 6.51. The van der Waals surface area contributed by atoms with Crippen molar-refractivity contribution in [3.63, 3.8) is 0 Å². The number of allylic oxidation sites excluding steroid dienone is 2. The number of hydrogen-bond acceptors (Lipinski definition) is 5. The van der Waals surface area contributed by atoms with Crippen molar-refractivity contribution in [2.24, 2.45) is 10.9 Å². The fourth-order valence-corrected chi connectivity index (χ4v) is 3.73. The number of likely N-dealkylation sites (N-methyl/N-ethyl adjacent to an activating group) is 1. The smallest absolute Gasteiger partial charge is 0.201 e. The predicted octanol–water partition coefficient (Wildman–Crippen LogP) is 4.12. The zero-order valence-electron chi connectivity index (χ0n) is 17.3. The molecule has 0 spiro atoms. The lowest BCUT2D eigenvalue weighted by atomic mass is 9.88. The number of fused-ring (bicyclic) bond motifs is 3. The number of aliphatic hydroxyl groups is 1. The van der Waals surface area contributed by atoms with E-state index in [1.54, 1.807) is 0 Å². The van der Waals surface area contributed by atoms with E-state index in [2.05, 4.69) is 50.0 Å². The number of nitrogens with zero attached hydrogens (tertiary/aromatic N) is 3. The van der Waals surface area contributed by atoms with Crippen LogP contribution < -0.4 is 9.64 Å². The number of benzene rings is 1. The first-order valence-electron chi connectivity index (χ1n) is 9.62. The van der Waals surface area contributed by atoms with Gasteiger partial charge in [0.05, 0.1) is 17.8 Å². The van der Waals surface area contributed by atoms with E-state index >= 15 is 0 Å². The second-order valence-electron chi connectivity index (χ2n) is 8.04. The van der Waals surface area contributed by atoms with Crippen molar-refractivity contribution in [3.8, 4) is 5.75 Å². The molecule has 5 heteroatoms. The Morgan fingerprint density at radius 2 is 2.04 bits per heavy atom. The first kappa shape index (κ1) is 19.5. The summed E-state index contributed by atoms with van der Waals surface area (Å²) < 4.78 is 6.13. The molecule has 2 aliphatic heterocycles. The number of hydrogen-bond donors (Lipinski definition) is 1. The average Bonchev–Trinajstić information content (AvgIpc) is 2.62. The molecule has 0 saturated carbocycles. The highest BCUT2D eigenvalue weighted by Crippen LogP contribution is 2.42. The molecule has 2 heterocycles. The van der Waals surface area contributed by atoms with E-state index in [1.807, 2.05) is 31.0 Å². The second kappa shape index (κ2) is 7.77. The van der Waals surface area contributed by atoms with E-state index in [9.17, 15) is 5.11 Å². The van der Waals surface area contributed by atoms with Crippen LogP contribution in [0.5, 0.6) is 5.75 Å². The normalized spacial score (nSPS) is 17.6. The Balaban J connectivity index is 1.84. The molecule has 27 heavy (non-hydrogen) atoms. The van der Waals surface area contributed by atoms with Crippen LogP contribution in [0.4, 0.5) is 5.69 Å². The number of dihydropyridines is 1. The summed E-state index contributed by atoms with van der Waals surface area (Å²) in [4.78, 5) is 8.48. The van der Waals surface area contributed by atoms with Crippen molar-refractivity contribution >= 4 is 17.0 Å². The lowest BCUT2D eigenvalue weighted by Crippen LogP contribution is -2.35. The summed E-state index contributed by atoms with van der Waals surface area (Å²) in [5.74, 6) is 1.70. The van der Waals surface area contributed by atoms with Gasteiger partial charge in [0, 0.05) is 30.4 Å². The summed E-state index contributed by atoms with van der Waals surface area (Å²) in [6.45, 7) is 7.72. The third-order valence-electron chi connectivity index (χ3n) is 5.33. The summed E-state index contributed by atoms with van der Waals surface area (Å²) >= 11 is 0. The van der Waals surface area contributed by atoms with Gasteiger partial charge in [-0.15, -0.1) is 0 Å². The van der Waals surface area contributed by atoms with Crippen LogP contribution in [0.15, 0.2) is 40.7 Å². The van der Waals surface area contributed by atoms with Crippen LogP contribution in [-0.4, -0.2) is 56.1 Å². The van der Waals surface area contributed by atoms with E-state index in [-0.39, 0.29) is 5.88 Å². The fourth-order valence-electron chi connectivity index (χ4n) is 3.73. The summed E-state index contributed by atoms with van der Waals surface area (Å²) in [5, 5.41) is 10.7. The van der Waals surface area contributed by atoms with Gasteiger partial charge in [0.25, 0.3) is 0 Å². The third kappa shape index (κ3) is 3.88. The molecule has 2 aliphatic rings. The molecule has 146 valence electrons. The Bertz CT molecular complexity index is 806. The van der Waals surface area contributed by atoms with E-state index < -0.39 is 0 Å². The summed E-state index contributed by atoms with van der Waals surface area (Å²) in [6.07, 6.45) is 3.17. The minimum atomic E-state index is 0.248. The minimum Gasteiger partial charge on any atom is -0.494 e. The van der Waals surface area contributed by atoms with Gasteiger partial charge >= 0.3 is 0 Å². The van der Waals surface area contributed by atoms with Crippen LogP contribution in [-0.2, 0) is 0 Å². The molecular formula is C22H31N3O2. The maximum atomic E-state index is 10.7. The number of aliphatic imine (C=N–C) groups is 1. The Kier molecular flexibility index (Phi) is 5.61. The standard InChI is InChI=1S/C22H31N3O2/c1-14(2)11-16(24(4)5)13-27-17-7-8-18-19-9-10-23-15(3)21(19)22(26)25(6)20(18)12-17/h7-9,12,14,16,26H,10-11,13H2,1-6H3/t16-/m0/s1. The highest BCUT2D eigenvalue weighted by molar-refractivity contribution is 6.16. The average molecular weight is 370 g/mol. The monoisotopic (exact) mass is 369 g/mol. The molecule has 0 bridgehead atoms. The lowest BCUT2D eigenvalue weighted by molar-refractivity contribution is 0.165. The summed E-state index contributed by atoms with van der Waals surface area (Å²) in [5.41, 5.74) is 4.84. The molecule has 0 fully saturated rings. The van der Waals surface area contributed by atoms with E-state index in [0.717, 1.165) is 40.3 Å². The molecule has 1 aromatic carbocycles. The second-order valence-corrected chi connectivity index (χ2v) is 8.04. The Morgan fingerprint density at radius 1 is 1.30 bits per heavy atom. The van der Waals surface area contributed by atoms with Gasteiger partial charge in [-0.05, 0) is 51.1 Å². The van der Waals surface area contributed by atoms with Gasteiger partial charge in [0.15, 0.2) is 0 Å². The SMILES string of the molecule is CC1=NCC=C2C1=C(O)N(C)c1cc(OC[C@H](CC(C)C)N(C)C)ccc12. The van der Waals surface area contributed by atoms with Crippen molar-refractivity contribution in [3.05, 3.63) is 41.3 Å². The van der Waals surface area contributed by atoms with Crippen LogP contribution in [0, 0.1) is 5.92 Å². The van der Waals surface area contributed by atoms with Crippen LogP contribution >= 0.6 is 0 Å². The topological polar surface area (TPSA) is 48.3 Å². The Hall–Kier alpha value is -2.27. The van der Waals surface area contributed by atoms with Gasteiger partial charge in [-0.3, -0.25) is 4.99 Å². The zero-order valence-corrected chi connectivity index (χ0v) is 17.3. The molecule has 1 N–H and O–H groups in total. The van der Waals surface area contributed by atoms with Crippen LogP contribution in [0.3, 0.4) is 0 Å². The third-order valence-corrected chi connectivity index (χ3v) is 5.33. The molecule has 0 saturated heterocycles. The first-order valence-corrected chi connectivity index (χ1v) is 9.62. The van der Waals surface area contributed by atoms with Gasteiger partial charge in [0.2, 0.25) is 5.88 Å². The predicted molar refractivity (Wildman–Crippen MR) is 113 cm³/mol. The van der Waals surface area contributed by atoms with Crippen LogP contribution in [0.1, 0.15) is 32.8 Å². The lowest BCUT2D eigenvalue weighted by Gasteiger charge is -2.32. The molecule has 0 aliphatic carbocycles. The molecule has 1 atom stereocenters. The molecule has 3 rings (SSSR count). The van der Waals surface area contributed by atoms with Crippen molar-refractivity contribution in [1.82, 2.24) is 4.90 Å². The van der Waals surface area contributed by atoms with Gasteiger partial charge in [-0.25, -0.2) is 0 Å². The molecule has 0 radical (unpaired) electrons. The largest absolute Gasteiger partial charge is 0.494 e. The molecule has 0 amide bonds. The molecule has 0 aromatic heterocycles. The molecule has 5 nitrogen and oxygen atoms in total.